The molecule has 1 aromatic rings. The second kappa shape index (κ2) is 5.35. The first-order valence-corrected chi connectivity index (χ1v) is 7.58. The number of ether oxygens (including phenoxy) is 2. The molecule has 98 valence electrons. The van der Waals surface area contributed by atoms with Gasteiger partial charge in [0.25, 0.3) is 0 Å². The second-order valence-electron chi connectivity index (χ2n) is 5.18. The first kappa shape index (κ1) is 12.7. The van der Waals surface area contributed by atoms with Crippen LogP contribution in [0.2, 0.25) is 0 Å². The van der Waals surface area contributed by atoms with E-state index in [9.17, 15) is 0 Å². The summed E-state index contributed by atoms with van der Waals surface area (Å²) < 4.78 is 12.7. The Morgan fingerprint density at radius 3 is 2.78 bits per heavy atom. The van der Waals surface area contributed by atoms with Gasteiger partial charge in [-0.1, -0.05) is 0 Å². The van der Waals surface area contributed by atoms with Crippen molar-refractivity contribution in [2.45, 2.75) is 30.9 Å². The molecule has 3 nitrogen and oxygen atoms in total. The van der Waals surface area contributed by atoms with Crippen LogP contribution in [0.4, 0.5) is 5.69 Å². The lowest BCUT2D eigenvalue weighted by atomic mass is 9.89. The minimum absolute atomic E-state index is 0.0148. The van der Waals surface area contributed by atoms with Gasteiger partial charge in [-0.3, -0.25) is 0 Å². The van der Waals surface area contributed by atoms with Gasteiger partial charge < -0.3 is 14.8 Å². The van der Waals surface area contributed by atoms with Crippen molar-refractivity contribution in [3.63, 3.8) is 0 Å². The van der Waals surface area contributed by atoms with Gasteiger partial charge in [-0.2, -0.15) is 0 Å². The molecule has 1 aromatic carbocycles. The van der Waals surface area contributed by atoms with Crippen LogP contribution in [0.25, 0.3) is 0 Å². The van der Waals surface area contributed by atoms with E-state index in [0.717, 1.165) is 39.1 Å². The van der Waals surface area contributed by atoms with E-state index in [4.69, 9.17) is 9.47 Å². The van der Waals surface area contributed by atoms with Crippen molar-refractivity contribution in [2.24, 2.45) is 0 Å². The molecule has 0 radical (unpaired) electrons. The molecule has 2 aliphatic heterocycles. The van der Waals surface area contributed by atoms with Crippen LogP contribution in [0, 0.1) is 3.57 Å². The Balaban J connectivity index is 1.64. The molecule has 0 aliphatic carbocycles. The second-order valence-corrected chi connectivity index (χ2v) is 6.42. The van der Waals surface area contributed by atoms with Crippen molar-refractivity contribution < 1.29 is 9.47 Å². The van der Waals surface area contributed by atoms with Crippen LogP contribution < -0.4 is 5.32 Å². The molecular formula is C14H18INO2. The first-order valence-electron chi connectivity index (χ1n) is 6.50. The number of hydrogen-bond acceptors (Lipinski definition) is 3. The van der Waals surface area contributed by atoms with Crippen LogP contribution in [0.3, 0.4) is 0 Å². The summed E-state index contributed by atoms with van der Waals surface area (Å²) in [4.78, 5) is 0. The number of rotatable bonds is 2. The molecule has 1 spiro atoms. The third-order valence-corrected chi connectivity index (χ3v) is 4.49. The lowest BCUT2D eigenvalue weighted by Gasteiger charge is -2.37. The standard InChI is InChI=1S/C14H18INO2/c15-11-1-3-12(4-2-11)16-13-5-7-18-14(9-13)6-8-17-10-14/h1-4,13,16H,5-10H2. The maximum atomic E-state index is 5.95. The average Bonchev–Trinajstić information content (AvgIpc) is 2.80. The largest absolute Gasteiger partial charge is 0.382 e. The van der Waals surface area contributed by atoms with Gasteiger partial charge in [-0.25, -0.2) is 0 Å². The van der Waals surface area contributed by atoms with Gasteiger partial charge in [-0.05, 0) is 59.7 Å². The molecule has 1 N–H and O–H groups in total. The molecule has 2 saturated heterocycles. The van der Waals surface area contributed by atoms with E-state index < -0.39 is 0 Å². The van der Waals surface area contributed by atoms with Crippen LogP contribution in [-0.2, 0) is 9.47 Å². The van der Waals surface area contributed by atoms with Crippen molar-refractivity contribution >= 4 is 28.3 Å². The molecule has 0 bridgehead atoms. The van der Waals surface area contributed by atoms with E-state index in [1.165, 1.54) is 9.26 Å². The average molecular weight is 359 g/mol. The predicted octanol–water partition coefficient (Wildman–Crippen LogP) is 3.04. The molecule has 2 unspecified atom stereocenters. The van der Waals surface area contributed by atoms with E-state index in [2.05, 4.69) is 52.2 Å². The van der Waals surface area contributed by atoms with Gasteiger partial charge in [0.05, 0.1) is 12.2 Å². The highest BCUT2D eigenvalue weighted by Gasteiger charge is 2.40. The van der Waals surface area contributed by atoms with Crippen molar-refractivity contribution in [2.75, 3.05) is 25.1 Å². The van der Waals surface area contributed by atoms with Gasteiger partial charge in [-0.15, -0.1) is 0 Å². The van der Waals surface area contributed by atoms with Crippen LogP contribution in [0.15, 0.2) is 24.3 Å². The molecule has 0 aromatic heterocycles. The maximum absolute atomic E-state index is 5.95. The normalized spacial score (nSPS) is 31.7. The third kappa shape index (κ3) is 2.81. The summed E-state index contributed by atoms with van der Waals surface area (Å²) >= 11 is 2.33. The molecule has 2 atom stereocenters. The molecule has 2 fully saturated rings. The minimum Gasteiger partial charge on any atom is -0.382 e. The fraction of sp³-hybridized carbons (Fsp3) is 0.571. The van der Waals surface area contributed by atoms with E-state index in [1.807, 2.05) is 0 Å². The van der Waals surface area contributed by atoms with Crippen molar-refractivity contribution in [1.82, 2.24) is 0 Å². The molecule has 2 heterocycles. The molecular weight excluding hydrogens is 341 g/mol. The zero-order valence-corrected chi connectivity index (χ0v) is 12.5. The number of hydrogen-bond donors (Lipinski definition) is 1. The van der Waals surface area contributed by atoms with E-state index in [-0.39, 0.29) is 5.60 Å². The predicted molar refractivity (Wildman–Crippen MR) is 79.9 cm³/mol. The quantitative estimate of drug-likeness (QED) is 0.824. The molecule has 4 heteroatoms. The summed E-state index contributed by atoms with van der Waals surface area (Å²) in [5.41, 5.74) is 1.19. The molecule has 3 rings (SSSR count). The molecule has 0 saturated carbocycles. The molecule has 0 amide bonds. The van der Waals surface area contributed by atoms with Gasteiger partial charge in [0.2, 0.25) is 0 Å². The van der Waals surface area contributed by atoms with Gasteiger partial charge in [0, 0.05) is 34.9 Å². The third-order valence-electron chi connectivity index (χ3n) is 3.78. The van der Waals surface area contributed by atoms with Gasteiger partial charge in [0.15, 0.2) is 0 Å². The molecule has 18 heavy (non-hydrogen) atoms. The minimum atomic E-state index is -0.0148. The van der Waals surface area contributed by atoms with Crippen LogP contribution >= 0.6 is 22.6 Å². The van der Waals surface area contributed by atoms with E-state index >= 15 is 0 Å². The Morgan fingerprint density at radius 1 is 1.22 bits per heavy atom. The van der Waals surface area contributed by atoms with Gasteiger partial charge in [0.1, 0.15) is 0 Å². The summed E-state index contributed by atoms with van der Waals surface area (Å²) in [6.45, 7) is 2.44. The van der Waals surface area contributed by atoms with Crippen molar-refractivity contribution in [3.05, 3.63) is 27.8 Å². The van der Waals surface area contributed by atoms with Crippen LogP contribution in [0.1, 0.15) is 19.3 Å². The Bertz CT molecular complexity index is 401. The van der Waals surface area contributed by atoms with Crippen molar-refractivity contribution in [1.29, 1.82) is 0 Å². The Morgan fingerprint density at radius 2 is 2.06 bits per heavy atom. The number of benzene rings is 1. The number of anilines is 1. The Hall–Kier alpha value is -0.330. The maximum Gasteiger partial charge on any atom is 0.0956 e. The fourth-order valence-corrected chi connectivity index (χ4v) is 3.16. The van der Waals surface area contributed by atoms with E-state index in [0.29, 0.717) is 6.04 Å². The fourth-order valence-electron chi connectivity index (χ4n) is 2.80. The Kier molecular flexibility index (Phi) is 3.77. The monoisotopic (exact) mass is 359 g/mol. The summed E-state index contributed by atoms with van der Waals surface area (Å²) in [6, 6.07) is 9.07. The SMILES string of the molecule is Ic1ccc(NC2CCOC3(CCOC3)C2)cc1. The topological polar surface area (TPSA) is 30.5 Å². The lowest BCUT2D eigenvalue weighted by Crippen LogP contribution is -2.44. The zero-order valence-electron chi connectivity index (χ0n) is 10.3. The number of halogens is 1. The smallest absolute Gasteiger partial charge is 0.0956 e. The summed E-state index contributed by atoms with van der Waals surface area (Å²) in [7, 11) is 0. The highest BCUT2D eigenvalue weighted by Crippen LogP contribution is 2.33. The number of nitrogens with one attached hydrogen (secondary N) is 1. The first-order chi connectivity index (χ1) is 8.76. The molecule has 2 aliphatic rings. The Labute approximate surface area is 121 Å². The summed E-state index contributed by atoms with van der Waals surface area (Å²) in [5.74, 6) is 0. The summed E-state index contributed by atoms with van der Waals surface area (Å²) in [6.07, 6.45) is 3.17. The van der Waals surface area contributed by atoms with Crippen LogP contribution in [0.5, 0.6) is 0 Å². The zero-order chi connectivity index (χ0) is 12.4. The summed E-state index contributed by atoms with van der Waals surface area (Å²) in [5, 5.41) is 3.62. The lowest BCUT2D eigenvalue weighted by molar-refractivity contribution is -0.0828. The van der Waals surface area contributed by atoms with Gasteiger partial charge >= 0.3 is 0 Å². The highest BCUT2D eigenvalue weighted by molar-refractivity contribution is 14.1. The van der Waals surface area contributed by atoms with Crippen molar-refractivity contribution in [3.8, 4) is 0 Å². The highest BCUT2D eigenvalue weighted by atomic mass is 127. The van der Waals surface area contributed by atoms with Crippen LogP contribution in [-0.4, -0.2) is 31.5 Å². The van der Waals surface area contributed by atoms with E-state index in [1.54, 1.807) is 0 Å².